The lowest BCUT2D eigenvalue weighted by molar-refractivity contribution is -0.903. The Kier molecular flexibility index (Phi) is 7.37. The molecule has 0 fully saturated rings. The molecule has 0 amide bonds. The number of unbranched alkanes of at least 4 members (excludes halogenated alkanes) is 1. The highest BCUT2D eigenvalue weighted by atomic mass is 31.2. The van der Waals surface area contributed by atoms with E-state index < -0.39 is 7.82 Å². The van der Waals surface area contributed by atoms with Crippen LogP contribution >= 0.6 is 7.82 Å². The SMILES string of the molecule is CCCCOP(=O)(O)Oc1cccc2[nH]cc(CC[N+](C)(C)Cc3ccccc3)c12. The van der Waals surface area contributed by atoms with Gasteiger partial charge < -0.3 is 14.0 Å². The highest BCUT2D eigenvalue weighted by Gasteiger charge is 2.25. The van der Waals surface area contributed by atoms with Gasteiger partial charge in [-0.25, -0.2) is 4.57 Å². The number of benzene rings is 2. The molecule has 1 unspecified atom stereocenters. The van der Waals surface area contributed by atoms with E-state index in [1.165, 1.54) is 5.56 Å². The molecule has 0 aliphatic carbocycles. The average molecular weight is 431 g/mol. The fourth-order valence-electron chi connectivity index (χ4n) is 3.55. The van der Waals surface area contributed by atoms with Gasteiger partial charge in [0.05, 0.1) is 27.2 Å². The van der Waals surface area contributed by atoms with Gasteiger partial charge in [0.1, 0.15) is 12.3 Å². The second-order valence-corrected chi connectivity index (χ2v) is 9.67. The Labute approximate surface area is 178 Å². The maximum atomic E-state index is 12.4. The maximum Gasteiger partial charge on any atom is 0.527 e. The number of nitrogens with zero attached hydrogens (tertiary/aromatic N) is 1. The number of phosphoric acid groups is 1. The van der Waals surface area contributed by atoms with Gasteiger partial charge >= 0.3 is 7.82 Å². The molecule has 0 aliphatic rings. The van der Waals surface area contributed by atoms with Gasteiger partial charge in [0.15, 0.2) is 0 Å². The van der Waals surface area contributed by atoms with E-state index in [1.54, 1.807) is 12.1 Å². The smallest absolute Gasteiger partial charge is 0.403 e. The highest BCUT2D eigenvalue weighted by Crippen LogP contribution is 2.46. The Balaban J connectivity index is 1.74. The Hall–Kier alpha value is -2.11. The van der Waals surface area contributed by atoms with Crippen molar-refractivity contribution in [3.8, 4) is 5.75 Å². The lowest BCUT2D eigenvalue weighted by Gasteiger charge is -2.30. The molecular formula is C23H32N2O4P+. The minimum absolute atomic E-state index is 0.200. The minimum Gasteiger partial charge on any atom is -0.403 e. The normalized spacial score (nSPS) is 14.0. The third kappa shape index (κ3) is 6.19. The van der Waals surface area contributed by atoms with Crippen LogP contribution in [-0.4, -0.2) is 41.6 Å². The molecule has 2 N–H and O–H groups in total. The molecule has 1 atom stereocenters. The van der Waals surface area contributed by atoms with Crippen LogP contribution in [0, 0.1) is 0 Å². The van der Waals surface area contributed by atoms with Crippen LogP contribution in [0.3, 0.4) is 0 Å². The Morgan fingerprint density at radius 1 is 1.10 bits per heavy atom. The molecule has 3 rings (SSSR count). The van der Waals surface area contributed by atoms with Gasteiger partial charge in [0, 0.05) is 29.1 Å². The summed E-state index contributed by atoms with van der Waals surface area (Å²) in [6, 6.07) is 15.9. The van der Waals surface area contributed by atoms with Crippen LogP contribution in [0.15, 0.2) is 54.7 Å². The largest absolute Gasteiger partial charge is 0.527 e. The van der Waals surface area contributed by atoms with Crippen LogP contribution in [0.2, 0.25) is 0 Å². The molecule has 7 heteroatoms. The van der Waals surface area contributed by atoms with Crippen LogP contribution in [0.5, 0.6) is 5.75 Å². The number of H-pyrrole nitrogens is 1. The van der Waals surface area contributed by atoms with Gasteiger partial charge in [0.2, 0.25) is 0 Å². The number of aromatic nitrogens is 1. The van der Waals surface area contributed by atoms with Crippen LogP contribution in [-0.2, 0) is 22.1 Å². The van der Waals surface area contributed by atoms with E-state index in [0.29, 0.717) is 12.2 Å². The number of likely N-dealkylation sites (N-methyl/N-ethyl adjacent to an activating group) is 1. The van der Waals surface area contributed by atoms with Gasteiger partial charge in [-0.05, 0) is 24.1 Å². The van der Waals surface area contributed by atoms with Crippen molar-refractivity contribution in [3.05, 3.63) is 65.9 Å². The molecule has 2 aromatic carbocycles. The number of nitrogens with one attached hydrogen (secondary N) is 1. The first-order valence-corrected chi connectivity index (χ1v) is 11.9. The lowest BCUT2D eigenvalue weighted by Crippen LogP contribution is -2.40. The molecule has 6 nitrogen and oxygen atoms in total. The zero-order valence-electron chi connectivity index (χ0n) is 18.0. The third-order valence-electron chi connectivity index (χ3n) is 5.16. The van der Waals surface area contributed by atoms with E-state index in [2.05, 4.69) is 43.3 Å². The molecule has 0 radical (unpaired) electrons. The van der Waals surface area contributed by atoms with Crippen LogP contribution in [0.1, 0.15) is 30.9 Å². The second kappa shape index (κ2) is 9.80. The Morgan fingerprint density at radius 3 is 2.60 bits per heavy atom. The summed E-state index contributed by atoms with van der Waals surface area (Å²) in [7, 11) is 0.263. The van der Waals surface area contributed by atoms with Crippen LogP contribution < -0.4 is 4.52 Å². The average Bonchev–Trinajstić information content (AvgIpc) is 3.11. The quantitative estimate of drug-likeness (QED) is 0.246. The van der Waals surface area contributed by atoms with Crippen LogP contribution in [0.25, 0.3) is 10.9 Å². The highest BCUT2D eigenvalue weighted by molar-refractivity contribution is 7.47. The monoisotopic (exact) mass is 431 g/mol. The first kappa shape index (κ1) is 22.6. The molecule has 30 heavy (non-hydrogen) atoms. The number of fused-ring (bicyclic) bond motifs is 1. The van der Waals surface area contributed by atoms with Gasteiger partial charge in [-0.15, -0.1) is 0 Å². The summed E-state index contributed by atoms with van der Waals surface area (Å²) in [5, 5.41) is 0.838. The molecule has 162 valence electrons. The number of rotatable bonds is 11. The number of hydrogen-bond donors (Lipinski definition) is 2. The van der Waals surface area contributed by atoms with E-state index in [0.717, 1.165) is 46.9 Å². The molecule has 0 aliphatic heterocycles. The number of aromatic amines is 1. The molecule has 1 heterocycles. The van der Waals surface area contributed by atoms with E-state index >= 15 is 0 Å². The van der Waals surface area contributed by atoms with Crippen LogP contribution in [0.4, 0.5) is 0 Å². The van der Waals surface area contributed by atoms with Crippen molar-refractivity contribution in [1.82, 2.24) is 4.98 Å². The standard InChI is InChI=1S/C23H31N2O4P/c1-4-5-16-28-30(26,27)29-22-13-9-12-21-23(22)20(17-24-21)14-15-25(2,3)18-19-10-7-6-8-11-19/h6-13,17,24H,4-5,14-16,18H2,1-3H3/p+1. The molecule has 0 bridgehead atoms. The summed E-state index contributed by atoms with van der Waals surface area (Å²) < 4.78 is 23.7. The fraction of sp³-hybridized carbons (Fsp3) is 0.391. The van der Waals surface area contributed by atoms with Gasteiger partial charge in [-0.2, -0.15) is 0 Å². The fourth-order valence-corrected chi connectivity index (χ4v) is 4.36. The van der Waals surface area contributed by atoms with Gasteiger partial charge in [-0.1, -0.05) is 49.7 Å². The van der Waals surface area contributed by atoms with E-state index in [4.69, 9.17) is 9.05 Å². The Morgan fingerprint density at radius 2 is 1.87 bits per heavy atom. The summed E-state index contributed by atoms with van der Waals surface area (Å²) in [5.74, 6) is 0.374. The molecule has 0 saturated heterocycles. The van der Waals surface area contributed by atoms with Crippen molar-refractivity contribution in [3.63, 3.8) is 0 Å². The Bertz CT molecular complexity index is 1000. The summed E-state index contributed by atoms with van der Waals surface area (Å²) in [6.07, 6.45) is 4.36. The summed E-state index contributed by atoms with van der Waals surface area (Å²) in [5.41, 5.74) is 3.24. The topological polar surface area (TPSA) is 71.6 Å². The lowest BCUT2D eigenvalue weighted by atomic mass is 10.1. The zero-order valence-corrected chi connectivity index (χ0v) is 18.9. The van der Waals surface area contributed by atoms with Crippen molar-refractivity contribution >= 4 is 18.7 Å². The molecular weight excluding hydrogens is 399 g/mol. The maximum absolute atomic E-state index is 12.4. The summed E-state index contributed by atoms with van der Waals surface area (Å²) >= 11 is 0. The number of phosphoric ester groups is 1. The predicted molar refractivity (Wildman–Crippen MR) is 120 cm³/mol. The molecule has 0 spiro atoms. The zero-order chi connectivity index (χ0) is 21.6. The van der Waals surface area contributed by atoms with Crippen molar-refractivity contribution < 1.29 is 23.0 Å². The molecule has 3 aromatic rings. The second-order valence-electron chi connectivity index (χ2n) is 8.29. The predicted octanol–water partition coefficient (Wildman–Crippen LogP) is 5.28. The van der Waals surface area contributed by atoms with Gasteiger partial charge in [-0.3, -0.25) is 9.42 Å². The van der Waals surface area contributed by atoms with Crippen molar-refractivity contribution in [2.45, 2.75) is 32.7 Å². The first-order chi connectivity index (χ1) is 14.3. The summed E-state index contributed by atoms with van der Waals surface area (Å²) in [6.45, 7) is 4.05. The third-order valence-corrected chi connectivity index (χ3v) is 6.09. The van der Waals surface area contributed by atoms with Gasteiger partial charge in [0.25, 0.3) is 0 Å². The van der Waals surface area contributed by atoms with E-state index in [-0.39, 0.29) is 6.61 Å². The van der Waals surface area contributed by atoms with E-state index in [9.17, 15) is 9.46 Å². The van der Waals surface area contributed by atoms with Crippen molar-refractivity contribution in [2.24, 2.45) is 0 Å². The van der Waals surface area contributed by atoms with Crippen molar-refractivity contribution in [1.29, 1.82) is 0 Å². The number of quaternary nitrogens is 1. The number of hydrogen-bond acceptors (Lipinski definition) is 3. The van der Waals surface area contributed by atoms with E-state index in [1.807, 2.05) is 25.3 Å². The molecule has 0 saturated carbocycles. The first-order valence-electron chi connectivity index (χ1n) is 10.4. The van der Waals surface area contributed by atoms with Crippen molar-refractivity contribution in [2.75, 3.05) is 27.2 Å². The molecule has 1 aromatic heterocycles. The minimum atomic E-state index is -4.16. The summed E-state index contributed by atoms with van der Waals surface area (Å²) in [4.78, 5) is 13.4.